The normalized spacial score (nSPS) is 37.9. The summed E-state index contributed by atoms with van der Waals surface area (Å²) in [5, 5.41) is 0. The molecule has 0 fully saturated rings. The highest BCUT2D eigenvalue weighted by Gasteiger charge is 2.35. The summed E-state index contributed by atoms with van der Waals surface area (Å²) in [6.07, 6.45) is 0.964. The SMILES string of the molecule is CC(C)C1(C)CC#CC1N. The first-order chi connectivity index (χ1) is 4.57. The molecule has 0 aromatic rings. The summed E-state index contributed by atoms with van der Waals surface area (Å²) in [5.41, 5.74) is 6.05. The zero-order valence-electron chi connectivity index (χ0n) is 6.94. The fourth-order valence-electron chi connectivity index (χ4n) is 1.19. The Morgan fingerprint density at radius 1 is 1.60 bits per heavy atom. The minimum atomic E-state index is 0.0903. The van der Waals surface area contributed by atoms with E-state index in [1.54, 1.807) is 0 Å². The molecule has 0 bridgehead atoms. The average Bonchev–Trinajstić information content (AvgIpc) is 2.15. The lowest BCUT2D eigenvalue weighted by molar-refractivity contribution is 0.213. The van der Waals surface area contributed by atoms with Crippen molar-refractivity contribution in [3.05, 3.63) is 0 Å². The maximum Gasteiger partial charge on any atom is 0.0730 e. The van der Waals surface area contributed by atoms with Crippen LogP contribution < -0.4 is 5.73 Å². The molecule has 0 saturated carbocycles. The number of nitrogens with two attached hydrogens (primary N) is 1. The molecule has 1 aliphatic carbocycles. The molecule has 2 unspecified atom stereocenters. The summed E-state index contributed by atoms with van der Waals surface area (Å²) in [5.74, 6) is 6.70. The predicted molar refractivity (Wildman–Crippen MR) is 43.3 cm³/mol. The highest BCUT2D eigenvalue weighted by molar-refractivity contribution is 5.22. The summed E-state index contributed by atoms with van der Waals surface area (Å²) >= 11 is 0. The highest BCUT2D eigenvalue weighted by atomic mass is 14.7. The van der Waals surface area contributed by atoms with E-state index in [9.17, 15) is 0 Å². The summed E-state index contributed by atoms with van der Waals surface area (Å²) in [7, 11) is 0. The molecule has 0 aromatic carbocycles. The number of hydrogen-bond donors (Lipinski definition) is 1. The van der Waals surface area contributed by atoms with Gasteiger partial charge in [0.15, 0.2) is 0 Å². The van der Waals surface area contributed by atoms with Gasteiger partial charge in [0, 0.05) is 11.8 Å². The molecule has 56 valence electrons. The molecule has 10 heavy (non-hydrogen) atoms. The molecule has 2 N–H and O–H groups in total. The second kappa shape index (κ2) is 2.29. The van der Waals surface area contributed by atoms with E-state index in [-0.39, 0.29) is 11.5 Å². The molecule has 1 rings (SSSR count). The van der Waals surface area contributed by atoms with E-state index in [1.807, 2.05) is 0 Å². The molecule has 0 aromatic heterocycles. The molecular formula is C9H15N. The quantitative estimate of drug-likeness (QED) is 0.543. The van der Waals surface area contributed by atoms with Crippen LogP contribution in [0.3, 0.4) is 0 Å². The third-order valence-corrected chi connectivity index (χ3v) is 2.76. The molecule has 1 nitrogen and oxygen atoms in total. The van der Waals surface area contributed by atoms with E-state index in [1.165, 1.54) is 0 Å². The number of hydrogen-bond acceptors (Lipinski definition) is 1. The molecule has 0 saturated heterocycles. The molecule has 0 aliphatic heterocycles. The smallest absolute Gasteiger partial charge is 0.0730 e. The van der Waals surface area contributed by atoms with Crippen LogP contribution in [-0.4, -0.2) is 6.04 Å². The molecule has 0 radical (unpaired) electrons. The van der Waals surface area contributed by atoms with Gasteiger partial charge < -0.3 is 5.73 Å². The maximum absolute atomic E-state index is 5.84. The third-order valence-electron chi connectivity index (χ3n) is 2.76. The minimum absolute atomic E-state index is 0.0903. The van der Waals surface area contributed by atoms with Crippen molar-refractivity contribution in [1.82, 2.24) is 0 Å². The van der Waals surface area contributed by atoms with Crippen molar-refractivity contribution in [3.63, 3.8) is 0 Å². The van der Waals surface area contributed by atoms with Crippen LogP contribution in [-0.2, 0) is 0 Å². The molecule has 0 heterocycles. The van der Waals surface area contributed by atoms with E-state index in [0.717, 1.165) is 6.42 Å². The first-order valence-electron chi connectivity index (χ1n) is 3.81. The van der Waals surface area contributed by atoms with Crippen LogP contribution in [0.15, 0.2) is 0 Å². The standard InChI is InChI=1S/C9H15N/c1-7(2)9(3)6-4-5-8(9)10/h7-8H,6,10H2,1-3H3. The molecule has 1 heteroatoms. The predicted octanol–water partition coefficient (Wildman–Crippen LogP) is 1.38. The van der Waals surface area contributed by atoms with Crippen molar-refractivity contribution in [1.29, 1.82) is 0 Å². The van der Waals surface area contributed by atoms with Crippen molar-refractivity contribution in [2.24, 2.45) is 17.1 Å². The Morgan fingerprint density at radius 3 is 2.40 bits per heavy atom. The Morgan fingerprint density at radius 2 is 2.20 bits per heavy atom. The molecule has 1 aliphatic rings. The van der Waals surface area contributed by atoms with Crippen LogP contribution in [0.25, 0.3) is 0 Å². The van der Waals surface area contributed by atoms with Crippen LogP contribution in [0.2, 0.25) is 0 Å². The topological polar surface area (TPSA) is 26.0 Å². The summed E-state index contributed by atoms with van der Waals surface area (Å²) in [6.45, 7) is 6.61. The third kappa shape index (κ3) is 0.932. The largest absolute Gasteiger partial charge is 0.317 e. The monoisotopic (exact) mass is 137 g/mol. The van der Waals surface area contributed by atoms with E-state index in [0.29, 0.717) is 5.92 Å². The van der Waals surface area contributed by atoms with E-state index >= 15 is 0 Å². The van der Waals surface area contributed by atoms with Gasteiger partial charge in [-0.15, -0.1) is 5.92 Å². The van der Waals surface area contributed by atoms with Crippen LogP contribution in [0, 0.1) is 23.2 Å². The molecule has 0 spiro atoms. The van der Waals surface area contributed by atoms with Crippen molar-refractivity contribution >= 4 is 0 Å². The maximum atomic E-state index is 5.84. The van der Waals surface area contributed by atoms with Gasteiger partial charge in [0.1, 0.15) is 0 Å². The van der Waals surface area contributed by atoms with Gasteiger partial charge in [-0.3, -0.25) is 0 Å². The van der Waals surface area contributed by atoms with Gasteiger partial charge in [-0.2, -0.15) is 0 Å². The molecule has 0 amide bonds. The van der Waals surface area contributed by atoms with Gasteiger partial charge in [-0.25, -0.2) is 0 Å². The second-order valence-electron chi connectivity index (χ2n) is 3.64. The van der Waals surface area contributed by atoms with Gasteiger partial charge in [0.2, 0.25) is 0 Å². The fraction of sp³-hybridized carbons (Fsp3) is 0.778. The average molecular weight is 137 g/mol. The highest BCUT2D eigenvalue weighted by Crippen LogP contribution is 2.35. The molecular weight excluding hydrogens is 122 g/mol. The first-order valence-corrected chi connectivity index (χ1v) is 3.81. The molecule has 2 atom stereocenters. The van der Waals surface area contributed by atoms with Crippen molar-refractivity contribution < 1.29 is 0 Å². The zero-order chi connectivity index (χ0) is 7.78. The second-order valence-corrected chi connectivity index (χ2v) is 3.64. The van der Waals surface area contributed by atoms with Gasteiger partial charge in [-0.05, 0) is 5.92 Å². The van der Waals surface area contributed by atoms with Crippen LogP contribution in [0.5, 0.6) is 0 Å². The Bertz CT molecular complexity index is 185. The Hall–Kier alpha value is -0.480. The lowest BCUT2D eigenvalue weighted by Crippen LogP contribution is -2.39. The Kier molecular flexibility index (Phi) is 1.74. The lowest BCUT2D eigenvalue weighted by Gasteiger charge is -2.31. The Balaban J connectivity index is 2.72. The van der Waals surface area contributed by atoms with Gasteiger partial charge in [-0.1, -0.05) is 26.7 Å². The van der Waals surface area contributed by atoms with E-state index in [2.05, 4.69) is 32.6 Å². The van der Waals surface area contributed by atoms with Crippen molar-refractivity contribution in [3.8, 4) is 11.8 Å². The summed E-state index contributed by atoms with van der Waals surface area (Å²) < 4.78 is 0. The minimum Gasteiger partial charge on any atom is -0.317 e. The van der Waals surface area contributed by atoms with Gasteiger partial charge in [0.25, 0.3) is 0 Å². The lowest BCUT2D eigenvalue weighted by atomic mass is 9.74. The Labute approximate surface area is 63.0 Å². The van der Waals surface area contributed by atoms with Crippen LogP contribution in [0.4, 0.5) is 0 Å². The summed E-state index contributed by atoms with van der Waals surface area (Å²) in [6, 6.07) is 0.0903. The van der Waals surface area contributed by atoms with E-state index < -0.39 is 0 Å². The first kappa shape index (κ1) is 7.63. The summed E-state index contributed by atoms with van der Waals surface area (Å²) in [4.78, 5) is 0. The van der Waals surface area contributed by atoms with E-state index in [4.69, 9.17) is 5.73 Å². The van der Waals surface area contributed by atoms with Crippen molar-refractivity contribution in [2.45, 2.75) is 33.2 Å². The zero-order valence-corrected chi connectivity index (χ0v) is 6.94. The van der Waals surface area contributed by atoms with Gasteiger partial charge in [0.05, 0.1) is 6.04 Å². The van der Waals surface area contributed by atoms with Crippen molar-refractivity contribution in [2.75, 3.05) is 0 Å². The fourth-order valence-corrected chi connectivity index (χ4v) is 1.19. The van der Waals surface area contributed by atoms with Crippen LogP contribution in [0.1, 0.15) is 27.2 Å². The van der Waals surface area contributed by atoms with Gasteiger partial charge >= 0.3 is 0 Å². The number of rotatable bonds is 1. The van der Waals surface area contributed by atoms with Crippen LogP contribution >= 0.6 is 0 Å².